The van der Waals surface area contributed by atoms with E-state index in [1.54, 1.807) is 10.7 Å². The summed E-state index contributed by atoms with van der Waals surface area (Å²) >= 11 is 8.03. The van der Waals surface area contributed by atoms with Crippen molar-refractivity contribution in [2.75, 3.05) is 18.8 Å². The molecule has 2 radical (unpaired) electrons. The normalized spacial score (nSPS) is 22.1. The lowest BCUT2D eigenvalue weighted by Crippen LogP contribution is -2.32. The molecule has 3 rings (SSSR count). The van der Waals surface area contributed by atoms with E-state index in [0.29, 0.717) is 5.15 Å². The van der Waals surface area contributed by atoms with E-state index in [1.807, 2.05) is 28.7 Å². The van der Waals surface area contributed by atoms with Gasteiger partial charge in [0.2, 0.25) is 0 Å². The average Bonchev–Trinajstić information content (AvgIpc) is 2.77. The van der Waals surface area contributed by atoms with Crippen LogP contribution in [-0.2, 0) is 0 Å². The van der Waals surface area contributed by atoms with Crippen molar-refractivity contribution in [2.24, 2.45) is 0 Å². The summed E-state index contributed by atoms with van der Waals surface area (Å²) in [7, 11) is 5.83. The molecule has 1 fully saturated rings. The van der Waals surface area contributed by atoms with Gasteiger partial charge < -0.3 is 4.81 Å². The van der Waals surface area contributed by atoms with Gasteiger partial charge in [-0.25, -0.2) is 9.50 Å². The molecule has 1 atom stereocenters. The highest BCUT2D eigenvalue weighted by Gasteiger charge is 2.21. The number of halogens is 1. The summed E-state index contributed by atoms with van der Waals surface area (Å²) in [5, 5.41) is 4.97. The van der Waals surface area contributed by atoms with Crippen molar-refractivity contribution in [1.82, 2.24) is 19.4 Å². The highest BCUT2D eigenvalue weighted by Crippen LogP contribution is 2.32. The summed E-state index contributed by atoms with van der Waals surface area (Å²) < 4.78 is 1.62. The molecule has 0 saturated carbocycles. The molecule has 17 heavy (non-hydrogen) atoms. The van der Waals surface area contributed by atoms with Gasteiger partial charge in [-0.15, -0.1) is 11.8 Å². The monoisotopic (exact) mass is 264 g/mol. The molecule has 1 unspecified atom stereocenters. The second-order valence-corrected chi connectivity index (χ2v) is 5.66. The number of aromatic nitrogens is 3. The summed E-state index contributed by atoms with van der Waals surface area (Å²) in [5.41, 5.74) is 1.75. The molecule has 4 nitrogen and oxygen atoms in total. The van der Waals surface area contributed by atoms with Crippen LogP contribution in [-0.4, -0.2) is 46.2 Å². The second kappa shape index (κ2) is 4.51. The van der Waals surface area contributed by atoms with Crippen LogP contribution in [0.5, 0.6) is 0 Å². The summed E-state index contributed by atoms with van der Waals surface area (Å²) in [6.45, 7) is 1.72. The van der Waals surface area contributed by atoms with Crippen molar-refractivity contribution < 1.29 is 0 Å². The van der Waals surface area contributed by atoms with Gasteiger partial charge in [0.05, 0.1) is 17.1 Å². The Morgan fingerprint density at radius 3 is 3.24 bits per heavy atom. The van der Waals surface area contributed by atoms with Crippen LogP contribution in [0.2, 0.25) is 5.15 Å². The average molecular weight is 265 g/mol. The Balaban J connectivity index is 1.99. The maximum atomic E-state index is 6.17. The van der Waals surface area contributed by atoms with Crippen molar-refractivity contribution in [2.45, 2.75) is 5.25 Å². The number of rotatable bonds is 1. The minimum absolute atomic E-state index is 0.283. The summed E-state index contributed by atoms with van der Waals surface area (Å²) in [6.07, 6.45) is 1.70. The van der Waals surface area contributed by atoms with E-state index in [-0.39, 0.29) is 5.25 Å². The molecular formula is C10H10BClN4S. The molecule has 2 aromatic heterocycles. The fraction of sp³-hybridized carbons (Fsp3) is 0.400. The van der Waals surface area contributed by atoms with Crippen molar-refractivity contribution in [3.8, 4) is 0 Å². The Morgan fingerprint density at radius 1 is 1.53 bits per heavy atom. The van der Waals surface area contributed by atoms with Gasteiger partial charge in [-0.1, -0.05) is 11.6 Å². The van der Waals surface area contributed by atoms with Crippen LogP contribution < -0.4 is 0 Å². The SMILES string of the molecule is [B]N1CCSC(c2cc(Cl)n3nccc3n2)C1. The lowest BCUT2D eigenvalue weighted by molar-refractivity contribution is 0.464. The molecule has 0 bridgehead atoms. The first-order chi connectivity index (χ1) is 8.24. The molecule has 86 valence electrons. The van der Waals surface area contributed by atoms with E-state index >= 15 is 0 Å². The Hall–Kier alpha value is -0.715. The van der Waals surface area contributed by atoms with Gasteiger partial charge >= 0.3 is 0 Å². The maximum Gasteiger partial charge on any atom is 0.182 e. The highest BCUT2D eigenvalue weighted by molar-refractivity contribution is 7.99. The van der Waals surface area contributed by atoms with E-state index in [2.05, 4.69) is 10.1 Å². The molecule has 1 aliphatic heterocycles. The third-order valence-corrected chi connectivity index (χ3v) is 4.24. The van der Waals surface area contributed by atoms with E-state index in [0.717, 1.165) is 30.2 Å². The van der Waals surface area contributed by atoms with Gasteiger partial charge in [-0.2, -0.15) is 5.10 Å². The summed E-state index contributed by atoms with van der Waals surface area (Å²) in [5.74, 6) is 1.02. The first kappa shape index (κ1) is 11.4. The highest BCUT2D eigenvalue weighted by atomic mass is 35.5. The Bertz CT molecular complexity index is 546. The van der Waals surface area contributed by atoms with Crippen molar-refractivity contribution in [3.05, 3.63) is 29.2 Å². The Morgan fingerprint density at radius 2 is 2.41 bits per heavy atom. The van der Waals surface area contributed by atoms with Crippen molar-refractivity contribution >= 4 is 37.0 Å². The summed E-state index contributed by atoms with van der Waals surface area (Å²) in [6, 6.07) is 3.72. The third kappa shape index (κ3) is 2.17. The number of hydrogen-bond donors (Lipinski definition) is 0. The lowest BCUT2D eigenvalue weighted by atomic mass is 10.2. The molecule has 0 N–H and O–H groups in total. The molecule has 0 aliphatic carbocycles. The predicted molar refractivity (Wildman–Crippen MR) is 70.5 cm³/mol. The molecule has 1 saturated heterocycles. The largest absolute Gasteiger partial charge is 0.352 e. The molecule has 1 aliphatic rings. The standard InChI is InChI=1S/C10H10BClN4S/c11-15-3-4-17-8(6-15)7-5-9(12)16-10(14-7)1-2-13-16/h1-2,5,8H,3-4,6H2. The van der Waals surface area contributed by atoms with Crippen LogP contribution in [0, 0.1) is 0 Å². The molecule has 0 amide bonds. The fourth-order valence-electron chi connectivity index (χ4n) is 1.91. The zero-order valence-electron chi connectivity index (χ0n) is 9.08. The Kier molecular flexibility index (Phi) is 3.02. The predicted octanol–water partition coefficient (Wildman–Crippen LogP) is 1.56. The summed E-state index contributed by atoms with van der Waals surface area (Å²) in [4.78, 5) is 6.40. The van der Waals surface area contributed by atoms with Crippen molar-refractivity contribution in [1.29, 1.82) is 0 Å². The zero-order chi connectivity index (χ0) is 11.8. The Labute approximate surface area is 110 Å². The van der Waals surface area contributed by atoms with Gasteiger partial charge in [-0.05, 0) is 12.6 Å². The minimum atomic E-state index is 0.283. The first-order valence-corrected chi connectivity index (χ1v) is 6.78. The van der Waals surface area contributed by atoms with Crippen LogP contribution in [0.1, 0.15) is 10.9 Å². The number of thioether (sulfide) groups is 1. The fourth-order valence-corrected chi connectivity index (χ4v) is 3.36. The smallest absolute Gasteiger partial charge is 0.182 e. The van der Waals surface area contributed by atoms with E-state index in [1.165, 1.54) is 0 Å². The topological polar surface area (TPSA) is 33.4 Å². The molecule has 7 heteroatoms. The van der Waals surface area contributed by atoms with Crippen LogP contribution in [0.3, 0.4) is 0 Å². The molecule has 0 aromatic carbocycles. The van der Waals surface area contributed by atoms with Gasteiger partial charge in [0.1, 0.15) is 5.15 Å². The van der Waals surface area contributed by atoms with Crippen LogP contribution in [0.4, 0.5) is 0 Å². The third-order valence-electron chi connectivity index (χ3n) is 2.76. The van der Waals surface area contributed by atoms with Crippen molar-refractivity contribution in [3.63, 3.8) is 0 Å². The zero-order valence-corrected chi connectivity index (χ0v) is 10.7. The maximum absolute atomic E-state index is 6.17. The van der Waals surface area contributed by atoms with Gasteiger partial charge in [-0.3, -0.25) is 0 Å². The number of fused-ring (bicyclic) bond motifs is 1. The molecule has 0 spiro atoms. The van der Waals surface area contributed by atoms with Gasteiger partial charge in [0.15, 0.2) is 13.6 Å². The molecule has 3 heterocycles. The second-order valence-electron chi connectivity index (χ2n) is 3.96. The first-order valence-electron chi connectivity index (χ1n) is 5.35. The molecule has 2 aromatic rings. The number of hydrogen-bond acceptors (Lipinski definition) is 4. The van der Waals surface area contributed by atoms with E-state index < -0.39 is 0 Å². The van der Waals surface area contributed by atoms with Crippen LogP contribution in [0.25, 0.3) is 5.65 Å². The number of nitrogens with zero attached hydrogens (tertiary/aromatic N) is 4. The van der Waals surface area contributed by atoms with E-state index in [9.17, 15) is 0 Å². The minimum Gasteiger partial charge on any atom is -0.352 e. The lowest BCUT2D eigenvalue weighted by Gasteiger charge is -2.29. The van der Waals surface area contributed by atoms with Gasteiger partial charge in [0.25, 0.3) is 0 Å². The van der Waals surface area contributed by atoms with Gasteiger partial charge in [0, 0.05) is 18.4 Å². The quantitative estimate of drug-likeness (QED) is 0.578. The van der Waals surface area contributed by atoms with Crippen LogP contribution >= 0.6 is 23.4 Å². The molecular weight excluding hydrogens is 254 g/mol. The van der Waals surface area contributed by atoms with Crippen LogP contribution in [0.15, 0.2) is 18.3 Å². The van der Waals surface area contributed by atoms with E-state index in [4.69, 9.17) is 19.6 Å².